The molecule has 0 radical (unpaired) electrons. The third-order valence-electron chi connectivity index (χ3n) is 2.69. The zero-order valence-corrected chi connectivity index (χ0v) is 12.8. The van der Waals surface area contributed by atoms with E-state index in [1.54, 1.807) is 19.9 Å². The summed E-state index contributed by atoms with van der Waals surface area (Å²) < 4.78 is 27.2. The highest BCUT2D eigenvalue weighted by Gasteiger charge is 2.19. The second kappa shape index (κ2) is 6.06. The fourth-order valence-corrected chi connectivity index (χ4v) is 3.59. The van der Waals surface area contributed by atoms with Crippen molar-refractivity contribution >= 4 is 10.0 Å². The molecule has 0 spiro atoms. The van der Waals surface area contributed by atoms with Gasteiger partial charge in [-0.1, -0.05) is 37.3 Å². The van der Waals surface area contributed by atoms with E-state index >= 15 is 0 Å². The minimum atomic E-state index is -3.57. The Labute approximate surface area is 116 Å². The lowest BCUT2D eigenvalue weighted by Crippen LogP contribution is -2.23. The van der Waals surface area contributed by atoms with E-state index in [1.165, 1.54) is 0 Å². The summed E-state index contributed by atoms with van der Waals surface area (Å²) in [4.78, 5) is 0.337. The molecule has 0 saturated heterocycles. The predicted molar refractivity (Wildman–Crippen MR) is 79.5 cm³/mol. The van der Waals surface area contributed by atoms with Crippen molar-refractivity contribution in [3.63, 3.8) is 0 Å². The van der Waals surface area contributed by atoms with Gasteiger partial charge in [-0.3, -0.25) is 4.72 Å². The third-order valence-corrected chi connectivity index (χ3v) is 4.41. The van der Waals surface area contributed by atoms with Gasteiger partial charge in [0.1, 0.15) is 0 Å². The van der Waals surface area contributed by atoms with Crippen LogP contribution in [0.1, 0.15) is 30.0 Å². The van der Waals surface area contributed by atoms with Gasteiger partial charge < -0.3 is 0 Å². The van der Waals surface area contributed by atoms with Gasteiger partial charge in [-0.2, -0.15) is 0 Å². The molecule has 1 aromatic carbocycles. The molecule has 1 N–H and O–H groups in total. The van der Waals surface area contributed by atoms with Gasteiger partial charge in [0.05, 0.1) is 4.90 Å². The van der Waals surface area contributed by atoms with Crippen LogP contribution in [0.3, 0.4) is 0 Å². The summed E-state index contributed by atoms with van der Waals surface area (Å²) in [5.74, 6) is 0. The number of benzene rings is 1. The van der Waals surface area contributed by atoms with Crippen LogP contribution in [0.5, 0.6) is 0 Å². The Balaban J connectivity index is 3.15. The van der Waals surface area contributed by atoms with Gasteiger partial charge in [0.25, 0.3) is 10.0 Å². The molecule has 0 aliphatic carbocycles. The Hall–Kier alpha value is -1.55. The highest BCUT2D eigenvalue weighted by atomic mass is 32.2. The average Bonchev–Trinajstić information content (AvgIpc) is 2.23. The molecular formula is C15H21NO2S. The summed E-state index contributed by atoms with van der Waals surface area (Å²) in [6.45, 7) is 11.2. The Kier molecular flexibility index (Phi) is 4.95. The van der Waals surface area contributed by atoms with Gasteiger partial charge in [0, 0.05) is 5.70 Å². The van der Waals surface area contributed by atoms with Gasteiger partial charge in [0.2, 0.25) is 0 Å². The first-order valence-corrected chi connectivity index (χ1v) is 7.72. The van der Waals surface area contributed by atoms with E-state index in [9.17, 15) is 8.42 Å². The number of sulfonamides is 1. The second-order valence-corrected chi connectivity index (χ2v) is 6.29. The molecule has 1 rings (SSSR count). The maximum absolute atomic E-state index is 12.4. The number of nitrogens with one attached hydrogen (secondary N) is 1. The maximum Gasteiger partial charge on any atom is 0.262 e. The summed E-state index contributed by atoms with van der Waals surface area (Å²) in [5.41, 5.74) is 2.93. The van der Waals surface area contributed by atoms with Gasteiger partial charge >= 0.3 is 0 Å². The summed E-state index contributed by atoms with van der Waals surface area (Å²) in [7, 11) is -3.57. The molecule has 1 aromatic rings. The van der Waals surface area contributed by atoms with Gasteiger partial charge in [-0.25, -0.2) is 8.42 Å². The summed E-state index contributed by atoms with van der Waals surface area (Å²) in [5, 5.41) is 0. The van der Waals surface area contributed by atoms with Crippen molar-refractivity contribution in [2.24, 2.45) is 0 Å². The van der Waals surface area contributed by atoms with E-state index in [0.29, 0.717) is 10.6 Å². The Bertz CT molecular complexity index is 590. The van der Waals surface area contributed by atoms with Crippen LogP contribution in [0.25, 0.3) is 0 Å². The molecule has 0 aliphatic heterocycles. The predicted octanol–water partition coefficient (Wildman–Crippen LogP) is 3.37. The minimum absolute atomic E-state index is 0.337. The number of hydrogen-bond acceptors (Lipinski definition) is 2. The van der Waals surface area contributed by atoms with Gasteiger partial charge in [-0.05, 0) is 44.4 Å². The van der Waals surface area contributed by atoms with Crippen LogP contribution in [0.2, 0.25) is 0 Å². The van der Waals surface area contributed by atoms with Crippen molar-refractivity contribution in [1.29, 1.82) is 0 Å². The fourth-order valence-electron chi connectivity index (χ4n) is 2.11. The monoisotopic (exact) mass is 279 g/mol. The van der Waals surface area contributed by atoms with E-state index in [-0.39, 0.29) is 0 Å². The van der Waals surface area contributed by atoms with Crippen molar-refractivity contribution in [2.45, 2.75) is 39.0 Å². The average molecular weight is 279 g/mol. The molecule has 4 heteroatoms. The molecular weight excluding hydrogens is 258 g/mol. The van der Waals surface area contributed by atoms with Crippen molar-refractivity contribution in [3.05, 3.63) is 53.3 Å². The fraction of sp³-hybridized carbons (Fsp3) is 0.333. The summed E-state index contributed by atoms with van der Waals surface area (Å²) >= 11 is 0. The topological polar surface area (TPSA) is 46.2 Å². The summed E-state index contributed by atoms with van der Waals surface area (Å²) in [6, 6.07) is 3.73. The second-order valence-electron chi connectivity index (χ2n) is 4.67. The molecule has 3 nitrogen and oxygen atoms in total. The van der Waals surface area contributed by atoms with Crippen LogP contribution in [0.15, 0.2) is 41.5 Å². The SMILES string of the molecule is C=C(/C=C\CC)NS(=O)(=O)c1c(C)cc(C)cc1C. The van der Waals surface area contributed by atoms with Crippen LogP contribution in [-0.4, -0.2) is 8.42 Å². The van der Waals surface area contributed by atoms with Crippen molar-refractivity contribution < 1.29 is 8.42 Å². The molecule has 0 fully saturated rings. The van der Waals surface area contributed by atoms with Crippen LogP contribution < -0.4 is 4.72 Å². The lowest BCUT2D eigenvalue weighted by Gasteiger charge is -2.13. The lowest BCUT2D eigenvalue weighted by atomic mass is 10.1. The first-order valence-electron chi connectivity index (χ1n) is 6.24. The molecule has 0 aliphatic rings. The quantitative estimate of drug-likeness (QED) is 0.840. The van der Waals surface area contributed by atoms with Crippen molar-refractivity contribution in [1.82, 2.24) is 4.72 Å². The van der Waals surface area contributed by atoms with E-state index in [2.05, 4.69) is 11.3 Å². The van der Waals surface area contributed by atoms with Gasteiger partial charge in [-0.15, -0.1) is 0 Å². The van der Waals surface area contributed by atoms with Crippen LogP contribution in [0, 0.1) is 20.8 Å². The van der Waals surface area contributed by atoms with Crippen LogP contribution >= 0.6 is 0 Å². The molecule has 0 bridgehead atoms. The van der Waals surface area contributed by atoms with E-state index in [0.717, 1.165) is 23.1 Å². The first kappa shape index (κ1) is 15.5. The molecule has 0 saturated carbocycles. The standard InChI is InChI=1S/C15H21NO2S/c1-6-7-8-14(5)16-19(17,18)15-12(3)9-11(2)10-13(15)4/h7-10,16H,5-6H2,1-4H3/b8-7-. The van der Waals surface area contributed by atoms with E-state index < -0.39 is 10.0 Å². The van der Waals surface area contributed by atoms with Crippen molar-refractivity contribution in [3.8, 4) is 0 Å². The Morgan fingerprint density at radius 1 is 1.26 bits per heavy atom. The maximum atomic E-state index is 12.4. The molecule has 104 valence electrons. The normalized spacial score (nSPS) is 11.8. The molecule has 0 aromatic heterocycles. The molecule has 0 unspecified atom stereocenters. The molecule has 0 heterocycles. The summed E-state index contributed by atoms with van der Waals surface area (Å²) in [6.07, 6.45) is 4.37. The smallest absolute Gasteiger partial charge is 0.262 e. The lowest BCUT2D eigenvalue weighted by molar-refractivity contribution is 0.588. The van der Waals surface area contributed by atoms with Gasteiger partial charge in [0.15, 0.2) is 0 Å². The third kappa shape index (κ3) is 3.96. The largest absolute Gasteiger partial charge is 0.280 e. The van der Waals surface area contributed by atoms with Crippen LogP contribution in [-0.2, 0) is 10.0 Å². The number of hydrogen-bond donors (Lipinski definition) is 1. The molecule has 0 atom stereocenters. The zero-order chi connectivity index (χ0) is 14.6. The molecule has 19 heavy (non-hydrogen) atoms. The molecule has 0 amide bonds. The number of aryl methyl sites for hydroxylation is 3. The number of allylic oxidation sites excluding steroid dienone is 2. The number of rotatable bonds is 5. The highest BCUT2D eigenvalue weighted by molar-refractivity contribution is 7.89. The van der Waals surface area contributed by atoms with Crippen LogP contribution in [0.4, 0.5) is 0 Å². The zero-order valence-electron chi connectivity index (χ0n) is 11.9. The Morgan fingerprint density at radius 3 is 2.26 bits per heavy atom. The van der Waals surface area contributed by atoms with E-state index in [4.69, 9.17) is 0 Å². The highest BCUT2D eigenvalue weighted by Crippen LogP contribution is 2.22. The van der Waals surface area contributed by atoms with Crippen molar-refractivity contribution in [2.75, 3.05) is 0 Å². The Morgan fingerprint density at radius 2 is 1.79 bits per heavy atom. The minimum Gasteiger partial charge on any atom is -0.280 e. The van der Waals surface area contributed by atoms with E-state index in [1.807, 2.05) is 32.1 Å². The first-order chi connectivity index (χ1) is 8.77.